The molecule has 0 bridgehead atoms. The third kappa shape index (κ3) is 9.05. The Bertz CT molecular complexity index is 370. The number of halogens is 1. The molecule has 0 aromatic rings. The molecular weight excluding hydrogens is 421 g/mol. The van der Waals surface area contributed by atoms with Gasteiger partial charge in [-0.3, -0.25) is 9.79 Å². The lowest BCUT2D eigenvalue weighted by Crippen LogP contribution is -2.46. The number of ether oxygens (including phenoxy) is 2. The summed E-state index contributed by atoms with van der Waals surface area (Å²) in [5.74, 6) is 1.44. The molecular formula is C17H34IN3O3. The Hall–Kier alpha value is -0.570. The molecule has 1 fully saturated rings. The number of esters is 1. The van der Waals surface area contributed by atoms with Crippen LogP contribution in [0.3, 0.4) is 0 Å². The fraction of sp³-hybridized carbons (Fsp3) is 0.882. The van der Waals surface area contributed by atoms with Gasteiger partial charge in [0.1, 0.15) is 0 Å². The fourth-order valence-corrected chi connectivity index (χ4v) is 2.55. The van der Waals surface area contributed by atoms with Crippen LogP contribution in [0.1, 0.15) is 40.5 Å². The Kier molecular flexibility index (Phi) is 13.4. The monoisotopic (exact) mass is 455 g/mol. The number of carbonyl (C=O) groups excluding carboxylic acids is 1. The highest BCUT2D eigenvalue weighted by molar-refractivity contribution is 14.0. The second kappa shape index (κ2) is 13.7. The van der Waals surface area contributed by atoms with Gasteiger partial charge in [-0.15, -0.1) is 24.0 Å². The average molecular weight is 455 g/mol. The van der Waals surface area contributed by atoms with Crippen molar-refractivity contribution in [2.24, 2.45) is 16.8 Å². The summed E-state index contributed by atoms with van der Waals surface area (Å²) in [5, 5.41) is 3.33. The van der Waals surface area contributed by atoms with Crippen molar-refractivity contribution in [2.75, 3.05) is 46.0 Å². The maximum absolute atomic E-state index is 11.8. The van der Waals surface area contributed by atoms with Crippen molar-refractivity contribution in [2.45, 2.75) is 40.5 Å². The predicted octanol–water partition coefficient (Wildman–Crippen LogP) is 2.52. The zero-order chi connectivity index (χ0) is 17.1. The largest absolute Gasteiger partial charge is 0.466 e. The lowest BCUT2D eigenvalue weighted by Gasteiger charge is -2.33. The summed E-state index contributed by atoms with van der Waals surface area (Å²) >= 11 is 0. The number of hydrogen-bond donors (Lipinski definition) is 1. The number of piperidine rings is 1. The normalized spacial score (nSPS) is 16.0. The minimum absolute atomic E-state index is 0. The summed E-state index contributed by atoms with van der Waals surface area (Å²) in [6.07, 6.45) is 1.65. The molecule has 0 amide bonds. The molecule has 24 heavy (non-hydrogen) atoms. The van der Waals surface area contributed by atoms with Crippen molar-refractivity contribution in [1.82, 2.24) is 10.2 Å². The van der Waals surface area contributed by atoms with Crippen LogP contribution in [0.15, 0.2) is 4.99 Å². The van der Waals surface area contributed by atoms with Crippen LogP contribution in [0.5, 0.6) is 0 Å². The zero-order valence-electron chi connectivity index (χ0n) is 15.5. The number of guanidine groups is 1. The van der Waals surface area contributed by atoms with E-state index in [2.05, 4.69) is 36.0 Å². The number of carbonyl (C=O) groups is 1. The second-order valence-corrected chi connectivity index (χ2v) is 6.22. The van der Waals surface area contributed by atoms with Gasteiger partial charge in [-0.25, -0.2) is 0 Å². The zero-order valence-corrected chi connectivity index (χ0v) is 17.9. The summed E-state index contributed by atoms with van der Waals surface area (Å²) in [7, 11) is 0. The van der Waals surface area contributed by atoms with Gasteiger partial charge in [0.25, 0.3) is 0 Å². The molecule has 0 aromatic carbocycles. The minimum atomic E-state index is -0.0591. The SMILES string of the molecule is CCNC(=NCCOCC(C)C)N1CCC(C(=O)OCC)CC1.I. The molecule has 0 atom stereocenters. The molecule has 6 nitrogen and oxygen atoms in total. The highest BCUT2D eigenvalue weighted by atomic mass is 127. The van der Waals surface area contributed by atoms with E-state index in [0.29, 0.717) is 25.7 Å². The Balaban J connectivity index is 0.00000529. The summed E-state index contributed by atoms with van der Waals surface area (Å²) in [5.41, 5.74) is 0. The number of likely N-dealkylation sites (tertiary alicyclic amines) is 1. The van der Waals surface area contributed by atoms with Gasteiger partial charge in [-0.2, -0.15) is 0 Å². The van der Waals surface area contributed by atoms with Crippen molar-refractivity contribution in [3.63, 3.8) is 0 Å². The molecule has 1 aliphatic rings. The molecule has 7 heteroatoms. The maximum atomic E-state index is 11.8. The van der Waals surface area contributed by atoms with E-state index < -0.39 is 0 Å². The topological polar surface area (TPSA) is 63.2 Å². The molecule has 142 valence electrons. The van der Waals surface area contributed by atoms with E-state index in [1.165, 1.54) is 0 Å². The maximum Gasteiger partial charge on any atom is 0.309 e. The molecule has 0 radical (unpaired) electrons. The van der Waals surface area contributed by atoms with Crippen LogP contribution in [-0.2, 0) is 14.3 Å². The second-order valence-electron chi connectivity index (χ2n) is 6.22. The number of nitrogens with zero attached hydrogens (tertiary/aromatic N) is 2. The van der Waals surface area contributed by atoms with Crippen molar-refractivity contribution < 1.29 is 14.3 Å². The summed E-state index contributed by atoms with van der Waals surface area (Å²) < 4.78 is 10.7. The van der Waals surface area contributed by atoms with Crippen LogP contribution in [0.25, 0.3) is 0 Å². The lowest BCUT2D eigenvalue weighted by atomic mass is 9.97. The standard InChI is InChI=1S/C17H33N3O3.HI/c1-5-18-17(19-9-12-22-13-14(3)4)20-10-7-15(8-11-20)16(21)23-6-2;/h14-15H,5-13H2,1-4H3,(H,18,19);1H. The molecule has 0 unspecified atom stereocenters. The van der Waals surface area contributed by atoms with Crippen LogP contribution in [-0.4, -0.2) is 62.8 Å². The highest BCUT2D eigenvalue weighted by Gasteiger charge is 2.27. The van der Waals surface area contributed by atoms with Crippen molar-refractivity contribution >= 4 is 35.9 Å². The number of rotatable bonds is 8. The van der Waals surface area contributed by atoms with E-state index in [9.17, 15) is 4.79 Å². The Morgan fingerprint density at radius 1 is 1.29 bits per heavy atom. The van der Waals surface area contributed by atoms with Gasteiger partial charge in [0.05, 0.1) is 25.7 Å². The van der Waals surface area contributed by atoms with Gasteiger partial charge in [-0.1, -0.05) is 13.8 Å². The van der Waals surface area contributed by atoms with Crippen molar-refractivity contribution in [3.05, 3.63) is 0 Å². The van der Waals surface area contributed by atoms with Gasteiger partial charge in [0.2, 0.25) is 0 Å². The summed E-state index contributed by atoms with van der Waals surface area (Å²) in [6.45, 7) is 13.2. The minimum Gasteiger partial charge on any atom is -0.466 e. The van der Waals surface area contributed by atoms with Gasteiger partial charge >= 0.3 is 5.97 Å². The number of aliphatic imine (C=N–C) groups is 1. The Morgan fingerprint density at radius 3 is 2.50 bits per heavy atom. The van der Waals surface area contributed by atoms with E-state index in [0.717, 1.165) is 45.0 Å². The predicted molar refractivity (Wildman–Crippen MR) is 108 cm³/mol. The van der Waals surface area contributed by atoms with E-state index >= 15 is 0 Å². The summed E-state index contributed by atoms with van der Waals surface area (Å²) in [4.78, 5) is 18.7. The molecule has 0 aromatic heterocycles. The third-order valence-electron chi connectivity index (χ3n) is 3.70. The smallest absolute Gasteiger partial charge is 0.309 e. The van der Waals surface area contributed by atoms with Crippen molar-refractivity contribution in [3.8, 4) is 0 Å². The van der Waals surface area contributed by atoms with Crippen LogP contribution in [0.4, 0.5) is 0 Å². The van der Waals surface area contributed by atoms with E-state index in [1.54, 1.807) is 0 Å². The van der Waals surface area contributed by atoms with Gasteiger partial charge < -0.3 is 19.7 Å². The molecule has 1 rings (SSSR count). The van der Waals surface area contributed by atoms with Crippen molar-refractivity contribution in [1.29, 1.82) is 0 Å². The van der Waals surface area contributed by atoms with Gasteiger partial charge in [0, 0.05) is 26.2 Å². The van der Waals surface area contributed by atoms with E-state index in [1.807, 2.05) is 6.92 Å². The van der Waals surface area contributed by atoms with Gasteiger partial charge in [0.15, 0.2) is 5.96 Å². The van der Waals surface area contributed by atoms with Crippen LogP contribution < -0.4 is 5.32 Å². The molecule has 1 saturated heterocycles. The number of nitrogens with one attached hydrogen (secondary N) is 1. The first kappa shape index (κ1) is 23.4. The lowest BCUT2D eigenvalue weighted by molar-refractivity contribution is -0.149. The molecule has 1 aliphatic heterocycles. The quantitative estimate of drug-likeness (QED) is 0.200. The van der Waals surface area contributed by atoms with Gasteiger partial charge in [-0.05, 0) is 32.6 Å². The van der Waals surface area contributed by atoms with E-state index in [-0.39, 0.29) is 35.9 Å². The highest BCUT2D eigenvalue weighted by Crippen LogP contribution is 2.18. The fourth-order valence-electron chi connectivity index (χ4n) is 2.55. The Morgan fingerprint density at radius 2 is 1.96 bits per heavy atom. The van der Waals surface area contributed by atoms with Crippen LogP contribution in [0, 0.1) is 11.8 Å². The summed E-state index contributed by atoms with van der Waals surface area (Å²) in [6, 6.07) is 0. The number of hydrogen-bond acceptors (Lipinski definition) is 4. The third-order valence-corrected chi connectivity index (χ3v) is 3.70. The van der Waals surface area contributed by atoms with Crippen LogP contribution >= 0.6 is 24.0 Å². The average Bonchev–Trinajstić information content (AvgIpc) is 2.53. The molecule has 0 aliphatic carbocycles. The molecule has 0 spiro atoms. The first-order chi connectivity index (χ1) is 11.1. The van der Waals surface area contributed by atoms with Crippen LogP contribution in [0.2, 0.25) is 0 Å². The molecule has 0 saturated carbocycles. The first-order valence-electron chi connectivity index (χ1n) is 8.86. The first-order valence-corrected chi connectivity index (χ1v) is 8.86. The molecule has 1 heterocycles. The van der Waals surface area contributed by atoms with E-state index in [4.69, 9.17) is 9.47 Å². The Labute approximate surface area is 163 Å². The molecule has 1 N–H and O–H groups in total.